The maximum absolute atomic E-state index is 11.8. The molecule has 0 fully saturated rings. The Hall–Kier alpha value is -0.820. The summed E-state index contributed by atoms with van der Waals surface area (Å²) < 4.78 is 35.4. The molecule has 0 rings (SSSR count). The van der Waals surface area contributed by atoms with Gasteiger partial charge in [-0.05, 0) is 12.8 Å². The summed E-state index contributed by atoms with van der Waals surface area (Å²) in [6.07, 6.45) is -5.24. The monoisotopic (exact) mass is 200 g/mol. The van der Waals surface area contributed by atoms with Gasteiger partial charge in [-0.15, -0.1) is 0 Å². The standard InChI is InChI=1S/C6H11F3N2O2/c7-6(8,9)4(11)2-1-3(10)5(12)13/h3-4H,1-2,10-11H2,(H,12,13)/t3-,4-/m0/s1. The number of alkyl halides is 3. The van der Waals surface area contributed by atoms with Crippen molar-refractivity contribution in [3.8, 4) is 0 Å². The number of hydrogen-bond donors (Lipinski definition) is 3. The number of halogens is 3. The Kier molecular flexibility index (Phi) is 4.15. The molecule has 0 radical (unpaired) electrons. The minimum absolute atomic E-state index is 0.282. The van der Waals surface area contributed by atoms with Gasteiger partial charge in [-0.1, -0.05) is 0 Å². The molecule has 0 aliphatic carbocycles. The fourth-order valence-corrected chi connectivity index (χ4v) is 0.646. The lowest BCUT2D eigenvalue weighted by Gasteiger charge is -2.16. The van der Waals surface area contributed by atoms with Crippen molar-refractivity contribution >= 4 is 5.97 Å². The van der Waals surface area contributed by atoms with Gasteiger partial charge in [0.15, 0.2) is 0 Å². The number of carboxylic acids is 1. The van der Waals surface area contributed by atoms with Gasteiger partial charge in [0, 0.05) is 0 Å². The van der Waals surface area contributed by atoms with Crippen molar-refractivity contribution in [3.05, 3.63) is 0 Å². The predicted molar refractivity (Wildman–Crippen MR) is 38.9 cm³/mol. The number of carboxylic acid groups (broad SMARTS) is 1. The van der Waals surface area contributed by atoms with E-state index in [4.69, 9.17) is 16.6 Å². The van der Waals surface area contributed by atoms with Crippen LogP contribution in [0, 0.1) is 0 Å². The molecule has 13 heavy (non-hydrogen) atoms. The van der Waals surface area contributed by atoms with Crippen LogP contribution in [-0.2, 0) is 4.79 Å². The molecule has 0 heterocycles. The number of carbonyl (C=O) groups is 1. The fraction of sp³-hybridized carbons (Fsp3) is 0.833. The Bertz CT molecular complexity index is 183. The summed E-state index contributed by atoms with van der Waals surface area (Å²) in [5.74, 6) is -1.32. The van der Waals surface area contributed by atoms with Crippen LogP contribution in [-0.4, -0.2) is 29.3 Å². The summed E-state index contributed by atoms with van der Waals surface area (Å²) in [7, 11) is 0. The maximum atomic E-state index is 11.8. The molecule has 0 saturated heterocycles. The molecule has 0 aliphatic heterocycles. The molecular weight excluding hydrogens is 189 g/mol. The van der Waals surface area contributed by atoms with Gasteiger partial charge in [0.25, 0.3) is 0 Å². The Morgan fingerprint density at radius 3 is 2.08 bits per heavy atom. The van der Waals surface area contributed by atoms with Crippen molar-refractivity contribution in [2.45, 2.75) is 31.1 Å². The quantitative estimate of drug-likeness (QED) is 0.599. The van der Waals surface area contributed by atoms with Crippen LogP contribution in [0.2, 0.25) is 0 Å². The molecule has 0 saturated carbocycles. The Balaban J connectivity index is 3.83. The van der Waals surface area contributed by atoms with E-state index in [0.717, 1.165) is 0 Å². The molecule has 0 amide bonds. The molecule has 4 nitrogen and oxygen atoms in total. The molecule has 0 aromatic heterocycles. The van der Waals surface area contributed by atoms with Crippen LogP contribution in [0.3, 0.4) is 0 Å². The molecule has 0 unspecified atom stereocenters. The Morgan fingerprint density at radius 1 is 1.31 bits per heavy atom. The second kappa shape index (κ2) is 4.43. The van der Waals surface area contributed by atoms with E-state index in [9.17, 15) is 18.0 Å². The highest BCUT2D eigenvalue weighted by molar-refractivity contribution is 5.72. The van der Waals surface area contributed by atoms with Crippen LogP contribution >= 0.6 is 0 Å². The predicted octanol–water partition coefficient (Wildman–Crippen LogP) is 0.0681. The molecule has 0 bridgehead atoms. The molecule has 2 atom stereocenters. The number of aliphatic carboxylic acids is 1. The Morgan fingerprint density at radius 2 is 1.77 bits per heavy atom. The van der Waals surface area contributed by atoms with Crippen molar-refractivity contribution < 1.29 is 23.1 Å². The molecule has 0 aromatic carbocycles. The molecule has 0 aliphatic rings. The van der Waals surface area contributed by atoms with Gasteiger partial charge in [0.2, 0.25) is 0 Å². The van der Waals surface area contributed by atoms with Crippen molar-refractivity contribution in [1.29, 1.82) is 0 Å². The third-order valence-corrected chi connectivity index (χ3v) is 1.53. The largest absolute Gasteiger partial charge is 0.480 e. The molecule has 78 valence electrons. The smallest absolute Gasteiger partial charge is 0.403 e. The lowest BCUT2D eigenvalue weighted by molar-refractivity contribution is -0.151. The van der Waals surface area contributed by atoms with E-state index in [1.54, 1.807) is 0 Å². The zero-order chi connectivity index (χ0) is 10.6. The van der Waals surface area contributed by atoms with Crippen LogP contribution in [0.4, 0.5) is 13.2 Å². The highest BCUT2D eigenvalue weighted by Crippen LogP contribution is 2.21. The van der Waals surface area contributed by atoms with Crippen molar-refractivity contribution in [1.82, 2.24) is 0 Å². The summed E-state index contributed by atoms with van der Waals surface area (Å²) >= 11 is 0. The van der Waals surface area contributed by atoms with E-state index in [-0.39, 0.29) is 6.42 Å². The number of nitrogens with two attached hydrogens (primary N) is 2. The highest BCUT2D eigenvalue weighted by atomic mass is 19.4. The summed E-state index contributed by atoms with van der Waals surface area (Å²) in [4.78, 5) is 10.1. The zero-order valence-electron chi connectivity index (χ0n) is 6.71. The average molecular weight is 200 g/mol. The molecule has 7 heteroatoms. The lowest BCUT2D eigenvalue weighted by Crippen LogP contribution is -2.40. The van der Waals surface area contributed by atoms with Crippen LogP contribution in [0.1, 0.15) is 12.8 Å². The van der Waals surface area contributed by atoms with Crippen molar-refractivity contribution in [3.63, 3.8) is 0 Å². The van der Waals surface area contributed by atoms with Crippen LogP contribution < -0.4 is 11.5 Å². The average Bonchev–Trinajstić information content (AvgIpc) is 1.97. The first-order chi connectivity index (χ1) is 5.75. The van der Waals surface area contributed by atoms with E-state index in [1.807, 2.05) is 0 Å². The normalized spacial score (nSPS) is 16.7. The van der Waals surface area contributed by atoms with Crippen LogP contribution in [0.5, 0.6) is 0 Å². The summed E-state index contributed by atoms with van der Waals surface area (Å²) in [6.45, 7) is 0. The number of hydrogen-bond acceptors (Lipinski definition) is 3. The first-order valence-corrected chi connectivity index (χ1v) is 3.56. The van der Waals surface area contributed by atoms with E-state index in [2.05, 4.69) is 0 Å². The van der Waals surface area contributed by atoms with E-state index >= 15 is 0 Å². The van der Waals surface area contributed by atoms with Crippen LogP contribution in [0.25, 0.3) is 0 Å². The lowest BCUT2D eigenvalue weighted by atomic mass is 10.1. The second-order valence-corrected chi connectivity index (χ2v) is 2.67. The first-order valence-electron chi connectivity index (χ1n) is 3.56. The summed E-state index contributed by atoms with van der Waals surface area (Å²) in [5, 5.41) is 8.25. The van der Waals surface area contributed by atoms with Gasteiger partial charge in [-0.3, -0.25) is 4.79 Å². The molecule has 5 N–H and O–H groups in total. The summed E-state index contributed by atoms with van der Waals surface area (Å²) in [6, 6.07) is -3.29. The maximum Gasteiger partial charge on any atom is 0.403 e. The highest BCUT2D eigenvalue weighted by Gasteiger charge is 2.36. The minimum Gasteiger partial charge on any atom is -0.480 e. The second-order valence-electron chi connectivity index (χ2n) is 2.67. The van der Waals surface area contributed by atoms with Crippen molar-refractivity contribution in [2.75, 3.05) is 0 Å². The van der Waals surface area contributed by atoms with Crippen molar-refractivity contribution in [2.24, 2.45) is 11.5 Å². The molecule has 0 aromatic rings. The van der Waals surface area contributed by atoms with Gasteiger partial charge in [0.1, 0.15) is 12.1 Å². The zero-order valence-corrected chi connectivity index (χ0v) is 6.71. The van der Waals surface area contributed by atoms with Gasteiger partial charge >= 0.3 is 12.1 Å². The SMILES string of the molecule is N[C@@H](CC[C@H](N)C(F)(F)F)C(=O)O. The van der Waals surface area contributed by atoms with E-state index in [1.165, 1.54) is 0 Å². The summed E-state index contributed by atoms with van der Waals surface area (Å²) in [5.41, 5.74) is 9.71. The number of rotatable bonds is 4. The van der Waals surface area contributed by atoms with Gasteiger partial charge in [0.05, 0.1) is 0 Å². The van der Waals surface area contributed by atoms with Gasteiger partial charge < -0.3 is 16.6 Å². The molecular formula is C6H11F3N2O2. The third kappa shape index (κ3) is 4.69. The fourth-order valence-electron chi connectivity index (χ4n) is 0.646. The van der Waals surface area contributed by atoms with E-state index < -0.39 is 30.7 Å². The first kappa shape index (κ1) is 12.2. The van der Waals surface area contributed by atoms with E-state index in [0.29, 0.717) is 0 Å². The Labute approximate surface area is 72.7 Å². The van der Waals surface area contributed by atoms with Gasteiger partial charge in [-0.2, -0.15) is 13.2 Å². The van der Waals surface area contributed by atoms with Gasteiger partial charge in [-0.25, -0.2) is 0 Å². The topological polar surface area (TPSA) is 89.3 Å². The molecule has 0 spiro atoms. The van der Waals surface area contributed by atoms with Crippen LogP contribution in [0.15, 0.2) is 0 Å². The third-order valence-electron chi connectivity index (χ3n) is 1.53. The minimum atomic E-state index is -4.49.